The Morgan fingerprint density at radius 1 is 0.742 bits per heavy atom. The number of aryl methyl sites for hydroxylation is 1. The molecule has 0 saturated carbocycles. The van der Waals surface area contributed by atoms with Crippen LogP contribution >= 0.6 is 0 Å². The van der Waals surface area contributed by atoms with Crippen molar-refractivity contribution in [3.8, 4) is 0 Å². The van der Waals surface area contributed by atoms with Crippen LogP contribution in [0.3, 0.4) is 0 Å². The number of para-hydroxylation sites is 1. The summed E-state index contributed by atoms with van der Waals surface area (Å²) in [6.07, 6.45) is 0.741. The van der Waals surface area contributed by atoms with Crippen LogP contribution in [0.25, 0.3) is 0 Å². The molecule has 3 rings (SSSR count). The van der Waals surface area contributed by atoms with Crippen LogP contribution in [0.4, 0.5) is 11.4 Å². The monoisotopic (exact) mass is 415 g/mol. The minimum absolute atomic E-state index is 0.125. The molecule has 0 heterocycles. The average Bonchev–Trinajstić information content (AvgIpc) is 2.73. The van der Waals surface area contributed by atoms with Crippen LogP contribution in [0.15, 0.2) is 72.8 Å². The van der Waals surface area contributed by atoms with Gasteiger partial charge in [0.05, 0.1) is 13.1 Å². The molecule has 0 aliphatic carbocycles. The largest absolute Gasteiger partial charge is 0.325 e. The fraction of sp³-hybridized carbons (Fsp3) is 0.231. The second kappa shape index (κ2) is 10.5. The summed E-state index contributed by atoms with van der Waals surface area (Å²) in [6, 6.07) is 23.8. The maximum atomic E-state index is 12.6. The van der Waals surface area contributed by atoms with Crippen LogP contribution in [0.1, 0.15) is 22.3 Å². The van der Waals surface area contributed by atoms with Gasteiger partial charge in [-0.2, -0.15) is 0 Å². The van der Waals surface area contributed by atoms with Crippen LogP contribution in [0.5, 0.6) is 0 Å². The van der Waals surface area contributed by atoms with Gasteiger partial charge in [-0.15, -0.1) is 0 Å². The third-order valence-corrected chi connectivity index (χ3v) is 5.23. The molecule has 31 heavy (non-hydrogen) atoms. The van der Waals surface area contributed by atoms with E-state index in [1.54, 1.807) is 11.9 Å². The van der Waals surface area contributed by atoms with Gasteiger partial charge < -0.3 is 10.6 Å². The lowest BCUT2D eigenvalue weighted by molar-refractivity contribution is -0.119. The molecule has 0 spiro atoms. The number of hydrogen-bond acceptors (Lipinski definition) is 3. The molecule has 5 nitrogen and oxygen atoms in total. The Kier molecular flexibility index (Phi) is 7.57. The summed E-state index contributed by atoms with van der Waals surface area (Å²) in [7, 11) is 1.76. The highest BCUT2D eigenvalue weighted by Gasteiger charge is 2.13. The van der Waals surface area contributed by atoms with Crippen molar-refractivity contribution in [1.82, 2.24) is 4.90 Å². The lowest BCUT2D eigenvalue weighted by Gasteiger charge is -2.18. The SMILES string of the molecule is Cc1cccc(NC(=O)CN(C)CC(=O)Nc2ccccc2Cc2ccccc2)c1C. The van der Waals surface area contributed by atoms with Gasteiger partial charge in [0.2, 0.25) is 11.8 Å². The molecule has 0 saturated heterocycles. The van der Waals surface area contributed by atoms with Crippen LogP contribution in [-0.2, 0) is 16.0 Å². The molecule has 0 radical (unpaired) electrons. The number of nitrogens with zero attached hydrogens (tertiary/aromatic N) is 1. The van der Waals surface area contributed by atoms with E-state index in [1.807, 2.05) is 74.5 Å². The smallest absolute Gasteiger partial charge is 0.238 e. The van der Waals surface area contributed by atoms with E-state index in [2.05, 4.69) is 22.8 Å². The molecular formula is C26H29N3O2. The maximum absolute atomic E-state index is 12.6. The highest BCUT2D eigenvalue weighted by molar-refractivity contribution is 5.95. The number of benzene rings is 3. The van der Waals surface area contributed by atoms with Crippen molar-refractivity contribution in [3.05, 3.63) is 95.1 Å². The van der Waals surface area contributed by atoms with E-state index in [9.17, 15) is 9.59 Å². The Morgan fingerprint density at radius 2 is 1.32 bits per heavy atom. The minimum Gasteiger partial charge on any atom is -0.325 e. The number of anilines is 2. The fourth-order valence-corrected chi connectivity index (χ4v) is 3.42. The van der Waals surface area contributed by atoms with Gasteiger partial charge in [-0.25, -0.2) is 0 Å². The van der Waals surface area contributed by atoms with E-state index in [0.29, 0.717) is 0 Å². The number of amides is 2. The molecule has 0 aromatic heterocycles. The second-order valence-corrected chi connectivity index (χ2v) is 7.84. The van der Waals surface area contributed by atoms with Crippen molar-refractivity contribution in [2.24, 2.45) is 0 Å². The first kappa shape index (κ1) is 22.2. The molecule has 160 valence electrons. The van der Waals surface area contributed by atoms with Crippen molar-refractivity contribution in [3.63, 3.8) is 0 Å². The van der Waals surface area contributed by atoms with Crippen molar-refractivity contribution < 1.29 is 9.59 Å². The van der Waals surface area contributed by atoms with Crippen LogP contribution in [-0.4, -0.2) is 36.9 Å². The Bertz CT molecular complexity index is 1050. The van der Waals surface area contributed by atoms with Crippen molar-refractivity contribution in [2.75, 3.05) is 30.8 Å². The predicted molar refractivity (Wildman–Crippen MR) is 126 cm³/mol. The van der Waals surface area contributed by atoms with E-state index >= 15 is 0 Å². The van der Waals surface area contributed by atoms with Crippen LogP contribution in [0.2, 0.25) is 0 Å². The molecule has 0 bridgehead atoms. The summed E-state index contributed by atoms with van der Waals surface area (Å²) >= 11 is 0. The first-order valence-corrected chi connectivity index (χ1v) is 10.4. The summed E-state index contributed by atoms with van der Waals surface area (Å²) < 4.78 is 0. The van der Waals surface area contributed by atoms with Gasteiger partial charge >= 0.3 is 0 Å². The number of nitrogens with one attached hydrogen (secondary N) is 2. The molecule has 5 heteroatoms. The zero-order valence-corrected chi connectivity index (χ0v) is 18.3. The van der Waals surface area contributed by atoms with E-state index in [0.717, 1.165) is 34.5 Å². The minimum atomic E-state index is -0.150. The summed E-state index contributed by atoms with van der Waals surface area (Å²) in [5.74, 6) is -0.295. The standard InChI is InChI=1S/C26H29N3O2/c1-19-10-9-15-23(20(19)2)27-25(30)17-29(3)18-26(31)28-24-14-8-7-13-22(24)16-21-11-5-4-6-12-21/h4-15H,16-18H2,1-3H3,(H,27,30)(H,28,31). The Morgan fingerprint density at radius 3 is 2.03 bits per heavy atom. The van der Waals surface area contributed by atoms with Crippen LogP contribution in [0, 0.1) is 13.8 Å². The van der Waals surface area contributed by atoms with Crippen LogP contribution < -0.4 is 10.6 Å². The maximum Gasteiger partial charge on any atom is 0.238 e. The Labute approximate surface area is 184 Å². The lowest BCUT2D eigenvalue weighted by Crippen LogP contribution is -2.36. The van der Waals surface area contributed by atoms with Crippen molar-refractivity contribution in [1.29, 1.82) is 0 Å². The van der Waals surface area contributed by atoms with Gasteiger partial charge in [-0.3, -0.25) is 14.5 Å². The molecule has 2 amide bonds. The zero-order chi connectivity index (χ0) is 22.2. The van der Waals surface area contributed by atoms with Gasteiger partial charge in [-0.05, 0) is 61.7 Å². The lowest BCUT2D eigenvalue weighted by atomic mass is 10.0. The topological polar surface area (TPSA) is 61.4 Å². The quantitative estimate of drug-likeness (QED) is 0.573. The zero-order valence-electron chi connectivity index (χ0n) is 18.3. The predicted octanol–water partition coefficient (Wildman–Crippen LogP) is 4.40. The molecule has 0 aliphatic heterocycles. The number of hydrogen-bond donors (Lipinski definition) is 2. The normalized spacial score (nSPS) is 10.7. The summed E-state index contributed by atoms with van der Waals surface area (Å²) in [6.45, 7) is 4.25. The molecule has 0 unspecified atom stereocenters. The van der Waals surface area contributed by atoms with Gasteiger partial charge in [0.15, 0.2) is 0 Å². The molecule has 3 aromatic carbocycles. The number of carbonyl (C=O) groups excluding carboxylic acids is 2. The third-order valence-electron chi connectivity index (χ3n) is 5.23. The first-order valence-electron chi connectivity index (χ1n) is 10.4. The number of carbonyl (C=O) groups is 2. The molecule has 0 aliphatic rings. The van der Waals surface area contributed by atoms with E-state index in [1.165, 1.54) is 5.56 Å². The third kappa shape index (κ3) is 6.52. The summed E-state index contributed by atoms with van der Waals surface area (Å²) in [5, 5.41) is 5.92. The van der Waals surface area contributed by atoms with E-state index in [-0.39, 0.29) is 24.9 Å². The van der Waals surface area contributed by atoms with Crippen molar-refractivity contribution in [2.45, 2.75) is 20.3 Å². The van der Waals surface area contributed by atoms with Crippen molar-refractivity contribution >= 4 is 23.2 Å². The summed E-state index contributed by atoms with van der Waals surface area (Å²) in [5.41, 5.74) is 6.01. The second-order valence-electron chi connectivity index (χ2n) is 7.84. The highest BCUT2D eigenvalue weighted by atomic mass is 16.2. The van der Waals surface area contributed by atoms with E-state index < -0.39 is 0 Å². The average molecular weight is 416 g/mol. The highest BCUT2D eigenvalue weighted by Crippen LogP contribution is 2.19. The fourth-order valence-electron chi connectivity index (χ4n) is 3.42. The van der Waals surface area contributed by atoms with E-state index in [4.69, 9.17) is 0 Å². The molecule has 0 atom stereocenters. The molecule has 2 N–H and O–H groups in total. The van der Waals surface area contributed by atoms with Gasteiger partial charge in [0.1, 0.15) is 0 Å². The number of likely N-dealkylation sites (N-methyl/N-ethyl adjacent to an activating group) is 1. The Balaban J connectivity index is 1.55. The van der Waals surface area contributed by atoms with Gasteiger partial charge in [0, 0.05) is 11.4 Å². The van der Waals surface area contributed by atoms with Gasteiger partial charge in [-0.1, -0.05) is 60.7 Å². The summed E-state index contributed by atoms with van der Waals surface area (Å²) in [4.78, 5) is 26.7. The first-order chi connectivity index (χ1) is 14.9. The Hall–Kier alpha value is -3.44. The molecular weight excluding hydrogens is 386 g/mol. The molecule has 3 aromatic rings. The number of rotatable bonds is 8. The van der Waals surface area contributed by atoms with Gasteiger partial charge in [0.25, 0.3) is 0 Å². The molecule has 0 fully saturated rings.